The van der Waals surface area contributed by atoms with E-state index in [9.17, 15) is 14.4 Å². The average Bonchev–Trinajstić information content (AvgIpc) is 3.19. The molecule has 0 spiro atoms. The van der Waals surface area contributed by atoms with E-state index in [0.29, 0.717) is 46.2 Å². The molecule has 4 rings (SSSR count). The smallest absolute Gasteiger partial charge is 0.339 e. The first-order valence-electron chi connectivity index (χ1n) is 10.7. The van der Waals surface area contributed by atoms with Crippen LogP contribution in [0.5, 0.6) is 0 Å². The number of hydrogen-bond donors (Lipinski definition) is 2. The molecule has 180 valence electrons. The molecule has 1 aliphatic carbocycles. The van der Waals surface area contributed by atoms with Crippen LogP contribution in [0, 0.1) is 6.92 Å². The minimum atomic E-state index is -0.567. The maximum atomic E-state index is 13.0. The monoisotopic (exact) mass is 513 g/mol. The normalized spacial score (nSPS) is 13.8. The number of rotatable bonds is 5. The first-order chi connectivity index (χ1) is 16.8. The Hall–Kier alpha value is -3.62. The number of carbonyl (C=O) groups is 3. The van der Waals surface area contributed by atoms with Gasteiger partial charge in [0.25, 0.3) is 11.8 Å². The highest BCUT2D eigenvalue weighted by Gasteiger charge is 2.29. The SMILES string of the molecule is COC(=O)c1ccccc1NC(=O)c1oc2c(c1C)/C(=N/NC(=O)c1ccc(Cl)cc1Cl)CCC2. The van der Waals surface area contributed by atoms with Crippen LogP contribution in [0.15, 0.2) is 52.0 Å². The number of nitrogens with one attached hydrogen (secondary N) is 2. The van der Waals surface area contributed by atoms with Crippen LogP contribution in [-0.2, 0) is 11.2 Å². The van der Waals surface area contributed by atoms with E-state index in [1.54, 1.807) is 37.3 Å². The first-order valence-corrected chi connectivity index (χ1v) is 11.5. The Morgan fingerprint density at radius 3 is 2.54 bits per heavy atom. The van der Waals surface area contributed by atoms with Crippen molar-refractivity contribution in [1.29, 1.82) is 0 Å². The summed E-state index contributed by atoms with van der Waals surface area (Å²) in [4.78, 5) is 37.6. The van der Waals surface area contributed by atoms with Crippen LogP contribution < -0.4 is 10.7 Å². The Kier molecular flexibility index (Phi) is 7.23. The van der Waals surface area contributed by atoms with Crippen molar-refractivity contribution < 1.29 is 23.5 Å². The number of esters is 1. The van der Waals surface area contributed by atoms with Crippen LogP contribution in [0.2, 0.25) is 10.0 Å². The third-order valence-corrected chi connectivity index (χ3v) is 6.13. The van der Waals surface area contributed by atoms with E-state index in [-0.39, 0.29) is 21.9 Å². The van der Waals surface area contributed by atoms with Crippen molar-refractivity contribution in [3.8, 4) is 0 Å². The zero-order valence-corrected chi connectivity index (χ0v) is 20.4. The zero-order chi connectivity index (χ0) is 25.1. The number of nitrogens with zero attached hydrogens (tertiary/aromatic N) is 1. The number of para-hydroxylation sites is 1. The van der Waals surface area contributed by atoms with Crippen molar-refractivity contribution in [1.82, 2.24) is 5.43 Å². The molecule has 1 aliphatic rings. The van der Waals surface area contributed by atoms with Crippen molar-refractivity contribution in [2.24, 2.45) is 5.10 Å². The summed E-state index contributed by atoms with van der Waals surface area (Å²) in [6.07, 6.45) is 1.95. The van der Waals surface area contributed by atoms with E-state index in [2.05, 4.69) is 15.8 Å². The van der Waals surface area contributed by atoms with Crippen LogP contribution >= 0.6 is 23.2 Å². The molecule has 0 aliphatic heterocycles. The molecule has 35 heavy (non-hydrogen) atoms. The number of aryl methyl sites for hydroxylation is 1. The maximum absolute atomic E-state index is 13.0. The topological polar surface area (TPSA) is 110 Å². The van der Waals surface area contributed by atoms with Crippen LogP contribution in [0.4, 0.5) is 5.69 Å². The number of fused-ring (bicyclic) bond motifs is 1. The van der Waals surface area contributed by atoms with E-state index in [0.717, 1.165) is 6.42 Å². The van der Waals surface area contributed by atoms with Gasteiger partial charge in [-0.1, -0.05) is 35.3 Å². The number of anilines is 1. The van der Waals surface area contributed by atoms with Gasteiger partial charge in [0.15, 0.2) is 5.76 Å². The Morgan fingerprint density at radius 1 is 1.03 bits per heavy atom. The summed E-state index contributed by atoms with van der Waals surface area (Å²) in [6, 6.07) is 11.1. The van der Waals surface area contributed by atoms with Gasteiger partial charge in [-0.15, -0.1) is 0 Å². The number of furan rings is 1. The highest BCUT2D eigenvalue weighted by atomic mass is 35.5. The summed E-state index contributed by atoms with van der Waals surface area (Å²) in [7, 11) is 1.27. The lowest BCUT2D eigenvalue weighted by atomic mass is 9.93. The second-order valence-electron chi connectivity index (χ2n) is 7.82. The van der Waals surface area contributed by atoms with Gasteiger partial charge in [0.2, 0.25) is 0 Å². The summed E-state index contributed by atoms with van der Waals surface area (Å²) < 4.78 is 10.7. The van der Waals surface area contributed by atoms with Gasteiger partial charge in [0.05, 0.1) is 34.7 Å². The van der Waals surface area contributed by atoms with Gasteiger partial charge >= 0.3 is 5.97 Å². The van der Waals surface area contributed by atoms with E-state index in [4.69, 9.17) is 32.4 Å². The number of amides is 2. The molecule has 8 nitrogen and oxygen atoms in total. The number of ether oxygens (including phenoxy) is 1. The number of halogens is 2. The number of hydrogen-bond acceptors (Lipinski definition) is 6. The zero-order valence-electron chi connectivity index (χ0n) is 18.9. The Morgan fingerprint density at radius 2 is 1.80 bits per heavy atom. The van der Waals surface area contributed by atoms with Gasteiger partial charge < -0.3 is 14.5 Å². The van der Waals surface area contributed by atoms with Crippen LogP contribution in [0.3, 0.4) is 0 Å². The molecule has 2 amide bonds. The standard InChI is InChI=1S/C25H21Cl2N3O5/c1-13-21-19(29-30-23(31)15-11-10-14(26)12-17(15)27)8-5-9-20(21)35-22(13)24(32)28-18-7-4-3-6-16(18)25(33)34-2/h3-4,6-7,10-12H,5,8-9H2,1-2H3,(H,28,32)(H,30,31)/b29-19+. The van der Waals surface area contributed by atoms with E-state index >= 15 is 0 Å². The lowest BCUT2D eigenvalue weighted by Crippen LogP contribution is -2.22. The predicted molar refractivity (Wildman–Crippen MR) is 133 cm³/mol. The molecule has 2 aromatic carbocycles. The van der Waals surface area contributed by atoms with E-state index < -0.39 is 17.8 Å². The largest absolute Gasteiger partial charge is 0.465 e. The second kappa shape index (κ2) is 10.3. The predicted octanol–water partition coefficient (Wildman–Crippen LogP) is 5.40. The van der Waals surface area contributed by atoms with Crippen molar-refractivity contribution in [2.45, 2.75) is 26.2 Å². The molecule has 0 bridgehead atoms. The highest BCUT2D eigenvalue weighted by Crippen LogP contribution is 2.31. The number of benzene rings is 2. The van der Waals surface area contributed by atoms with Gasteiger partial charge in [-0.25, -0.2) is 10.2 Å². The van der Waals surface area contributed by atoms with Crippen molar-refractivity contribution >= 4 is 52.4 Å². The molecule has 0 saturated heterocycles. The van der Waals surface area contributed by atoms with Gasteiger partial charge in [-0.2, -0.15) is 5.10 Å². The van der Waals surface area contributed by atoms with Crippen LogP contribution in [-0.4, -0.2) is 30.6 Å². The van der Waals surface area contributed by atoms with Gasteiger partial charge in [0, 0.05) is 22.6 Å². The van der Waals surface area contributed by atoms with Gasteiger partial charge in [-0.05, 0) is 50.1 Å². The second-order valence-corrected chi connectivity index (χ2v) is 8.67. The number of carbonyl (C=O) groups excluding carboxylic acids is 3. The maximum Gasteiger partial charge on any atom is 0.339 e. The Labute approximate surface area is 211 Å². The molecule has 0 radical (unpaired) electrons. The summed E-state index contributed by atoms with van der Waals surface area (Å²) in [5.41, 5.74) is 5.17. The van der Waals surface area contributed by atoms with Crippen LogP contribution in [0.1, 0.15) is 61.0 Å². The minimum absolute atomic E-state index is 0.108. The molecular weight excluding hydrogens is 493 g/mol. The average molecular weight is 514 g/mol. The molecule has 0 unspecified atom stereocenters. The quantitative estimate of drug-likeness (QED) is 0.350. The van der Waals surface area contributed by atoms with Crippen molar-refractivity contribution in [3.05, 3.63) is 86.3 Å². The summed E-state index contributed by atoms with van der Waals surface area (Å²) in [6.45, 7) is 1.75. The number of methoxy groups -OCH3 is 1. The molecule has 0 fully saturated rings. The lowest BCUT2D eigenvalue weighted by molar-refractivity contribution is 0.0601. The fourth-order valence-corrected chi connectivity index (χ4v) is 4.40. The van der Waals surface area contributed by atoms with E-state index in [1.807, 2.05) is 0 Å². The molecule has 10 heteroatoms. The first kappa shape index (κ1) is 24.5. The third kappa shape index (κ3) is 5.08. The number of hydrazone groups is 1. The van der Waals surface area contributed by atoms with Crippen molar-refractivity contribution in [2.75, 3.05) is 12.4 Å². The highest BCUT2D eigenvalue weighted by molar-refractivity contribution is 6.36. The molecule has 1 aromatic heterocycles. The molecular formula is C25H21Cl2N3O5. The van der Waals surface area contributed by atoms with Crippen LogP contribution in [0.25, 0.3) is 0 Å². The molecule has 2 N–H and O–H groups in total. The minimum Gasteiger partial charge on any atom is -0.465 e. The fourth-order valence-electron chi connectivity index (χ4n) is 3.91. The fraction of sp³-hybridized carbons (Fsp3) is 0.200. The van der Waals surface area contributed by atoms with Crippen molar-refractivity contribution in [3.63, 3.8) is 0 Å². The third-order valence-electron chi connectivity index (χ3n) is 5.58. The molecule has 0 atom stereocenters. The lowest BCUT2D eigenvalue weighted by Gasteiger charge is -2.13. The summed E-state index contributed by atoms with van der Waals surface area (Å²) >= 11 is 12.0. The molecule has 3 aromatic rings. The Balaban J connectivity index is 1.59. The van der Waals surface area contributed by atoms with Gasteiger partial charge in [-0.3, -0.25) is 9.59 Å². The molecule has 1 heterocycles. The Bertz CT molecular complexity index is 1360. The molecule has 0 saturated carbocycles. The summed E-state index contributed by atoms with van der Waals surface area (Å²) in [5, 5.41) is 7.66. The van der Waals surface area contributed by atoms with E-state index in [1.165, 1.54) is 19.2 Å². The van der Waals surface area contributed by atoms with Gasteiger partial charge in [0.1, 0.15) is 5.76 Å². The summed E-state index contributed by atoms with van der Waals surface area (Å²) in [5.74, 6) is -0.842.